The van der Waals surface area contributed by atoms with Crippen molar-refractivity contribution < 1.29 is 9.45 Å². The molecule has 0 aliphatic carbocycles. The summed E-state index contributed by atoms with van der Waals surface area (Å²) in [4.78, 5) is 15.5. The molecule has 9 heteroatoms. The first-order chi connectivity index (χ1) is 10.2. The molecular weight excluding hydrogens is 294 g/mol. The van der Waals surface area contributed by atoms with Gasteiger partial charge in [0, 0.05) is 0 Å². The van der Waals surface area contributed by atoms with E-state index < -0.39 is 4.92 Å². The van der Waals surface area contributed by atoms with Gasteiger partial charge in [-0.05, 0) is 17.9 Å². The van der Waals surface area contributed by atoms with E-state index in [1.165, 1.54) is 28.4 Å². The van der Waals surface area contributed by atoms with E-state index in [0.29, 0.717) is 18.1 Å². The Morgan fingerprint density at radius 3 is 3.05 bits per heavy atom. The molecule has 0 spiro atoms. The molecule has 1 unspecified atom stereocenters. The highest BCUT2D eigenvalue weighted by Gasteiger charge is 2.22. The minimum atomic E-state index is -0.485. The number of nitrogens with zero attached hydrogens (tertiary/aromatic N) is 5. The Hall–Kier alpha value is -2.55. The first kappa shape index (κ1) is 13.4. The predicted molar refractivity (Wildman–Crippen MR) is 74.9 cm³/mol. The van der Waals surface area contributed by atoms with Gasteiger partial charge in [-0.3, -0.25) is 14.8 Å². The Labute approximate surface area is 123 Å². The normalized spacial score (nSPS) is 12.4. The summed E-state index contributed by atoms with van der Waals surface area (Å²) < 4.78 is 6.76. The maximum Gasteiger partial charge on any atom is 0.307 e. The lowest BCUT2D eigenvalue weighted by Gasteiger charge is -2.09. The van der Waals surface area contributed by atoms with Gasteiger partial charge in [0.05, 0.1) is 9.80 Å². The van der Waals surface area contributed by atoms with Crippen LogP contribution < -0.4 is 0 Å². The molecule has 108 valence electrons. The van der Waals surface area contributed by atoms with Crippen molar-refractivity contribution in [2.75, 3.05) is 0 Å². The molecule has 0 aliphatic heterocycles. The maximum absolute atomic E-state index is 10.7. The molecular formula is C12H11N5O3S. The molecule has 0 radical (unpaired) electrons. The fraction of sp³-hybridized carbons (Fsp3) is 0.250. The van der Waals surface area contributed by atoms with Crippen LogP contribution in [-0.2, 0) is 0 Å². The van der Waals surface area contributed by atoms with Gasteiger partial charge in [0.25, 0.3) is 5.89 Å². The minimum absolute atomic E-state index is 0.0635. The number of nitro groups is 1. The van der Waals surface area contributed by atoms with Crippen molar-refractivity contribution in [2.45, 2.75) is 19.4 Å². The fourth-order valence-corrected chi connectivity index (χ4v) is 2.59. The van der Waals surface area contributed by atoms with E-state index in [-0.39, 0.29) is 11.7 Å². The van der Waals surface area contributed by atoms with Crippen LogP contribution in [-0.4, -0.2) is 24.8 Å². The van der Waals surface area contributed by atoms with Crippen LogP contribution in [0.3, 0.4) is 0 Å². The second kappa shape index (κ2) is 5.44. The molecule has 0 fully saturated rings. The molecule has 0 aliphatic rings. The van der Waals surface area contributed by atoms with E-state index in [1.807, 2.05) is 24.4 Å². The Balaban J connectivity index is 1.91. The molecule has 3 heterocycles. The van der Waals surface area contributed by atoms with E-state index >= 15 is 0 Å². The predicted octanol–water partition coefficient (Wildman–Crippen LogP) is 2.90. The fourth-order valence-electron chi connectivity index (χ4n) is 1.94. The van der Waals surface area contributed by atoms with Crippen LogP contribution in [0.5, 0.6) is 0 Å². The Kier molecular flexibility index (Phi) is 3.48. The zero-order valence-electron chi connectivity index (χ0n) is 11.0. The van der Waals surface area contributed by atoms with Gasteiger partial charge in [-0.25, -0.2) is 0 Å². The lowest BCUT2D eigenvalue weighted by atomic mass is 10.2. The van der Waals surface area contributed by atoms with Crippen LogP contribution in [0.4, 0.5) is 5.69 Å². The topological polar surface area (TPSA) is 99.9 Å². The summed E-state index contributed by atoms with van der Waals surface area (Å²) in [5.74, 6) is 0.902. The van der Waals surface area contributed by atoms with E-state index in [9.17, 15) is 10.1 Å². The lowest BCUT2D eigenvalue weighted by Crippen LogP contribution is -2.10. The first-order valence-electron chi connectivity index (χ1n) is 6.25. The van der Waals surface area contributed by atoms with E-state index in [0.717, 1.165) is 4.88 Å². The zero-order valence-corrected chi connectivity index (χ0v) is 11.9. The van der Waals surface area contributed by atoms with Crippen molar-refractivity contribution in [1.82, 2.24) is 19.9 Å². The average Bonchev–Trinajstić information content (AvgIpc) is 3.21. The molecule has 0 bridgehead atoms. The molecule has 0 aromatic carbocycles. The van der Waals surface area contributed by atoms with Gasteiger partial charge in [0.1, 0.15) is 18.4 Å². The summed E-state index contributed by atoms with van der Waals surface area (Å²) in [6, 6.07) is 3.49. The van der Waals surface area contributed by atoms with Crippen LogP contribution >= 0.6 is 11.3 Å². The van der Waals surface area contributed by atoms with Crippen LogP contribution in [0, 0.1) is 10.1 Å². The van der Waals surface area contributed by atoms with Gasteiger partial charge >= 0.3 is 5.69 Å². The average molecular weight is 305 g/mol. The third-order valence-corrected chi connectivity index (χ3v) is 3.84. The molecule has 0 saturated carbocycles. The quantitative estimate of drug-likeness (QED) is 0.530. The van der Waals surface area contributed by atoms with Gasteiger partial charge in [-0.2, -0.15) is 10.1 Å². The number of thiophene rings is 1. The number of hydrogen-bond acceptors (Lipinski definition) is 7. The van der Waals surface area contributed by atoms with Crippen molar-refractivity contribution in [3.8, 4) is 10.7 Å². The SMILES string of the molecule is CCC(c1nc(-c2cccs2)no1)n1cc([N+](=O)[O-])cn1. The summed E-state index contributed by atoms with van der Waals surface area (Å²) >= 11 is 1.52. The zero-order chi connectivity index (χ0) is 14.8. The minimum Gasteiger partial charge on any atom is -0.337 e. The Bertz CT molecular complexity index is 749. The van der Waals surface area contributed by atoms with Crippen LogP contribution in [0.25, 0.3) is 10.7 Å². The van der Waals surface area contributed by atoms with Crippen molar-refractivity contribution in [1.29, 1.82) is 0 Å². The van der Waals surface area contributed by atoms with Crippen LogP contribution in [0.2, 0.25) is 0 Å². The van der Waals surface area contributed by atoms with Gasteiger partial charge < -0.3 is 4.52 Å². The Morgan fingerprint density at radius 2 is 2.43 bits per heavy atom. The molecule has 21 heavy (non-hydrogen) atoms. The van der Waals surface area contributed by atoms with Gasteiger partial charge in [0.2, 0.25) is 5.82 Å². The summed E-state index contributed by atoms with van der Waals surface area (Å²) in [5.41, 5.74) is -0.0635. The lowest BCUT2D eigenvalue weighted by molar-refractivity contribution is -0.385. The summed E-state index contributed by atoms with van der Waals surface area (Å²) in [5, 5.41) is 20.6. The second-order valence-corrected chi connectivity index (χ2v) is 5.24. The third-order valence-electron chi connectivity index (χ3n) is 2.97. The molecule has 0 amide bonds. The highest BCUT2D eigenvalue weighted by Crippen LogP contribution is 2.26. The van der Waals surface area contributed by atoms with Crippen molar-refractivity contribution in [3.63, 3.8) is 0 Å². The smallest absolute Gasteiger partial charge is 0.307 e. The second-order valence-electron chi connectivity index (χ2n) is 4.29. The molecule has 1 atom stereocenters. The molecule has 3 rings (SSSR count). The van der Waals surface area contributed by atoms with Crippen LogP contribution in [0.15, 0.2) is 34.4 Å². The largest absolute Gasteiger partial charge is 0.337 e. The molecule has 0 N–H and O–H groups in total. The van der Waals surface area contributed by atoms with Gasteiger partial charge in [-0.1, -0.05) is 18.1 Å². The van der Waals surface area contributed by atoms with E-state index in [1.54, 1.807) is 0 Å². The monoisotopic (exact) mass is 305 g/mol. The standard InChI is InChI=1S/C12H11N5O3S/c1-2-9(16-7-8(6-13-16)17(18)19)12-14-11(15-20-12)10-4-3-5-21-10/h3-7,9H,2H2,1H3. The number of hydrogen-bond donors (Lipinski definition) is 0. The van der Waals surface area contributed by atoms with E-state index in [4.69, 9.17) is 4.52 Å². The molecule has 3 aromatic rings. The highest BCUT2D eigenvalue weighted by molar-refractivity contribution is 7.13. The van der Waals surface area contributed by atoms with Gasteiger partial charge in [0.15, 0.2) is 0 Å². The van der Waals surface area contributed by atoms with Gasteiger partial charge in [-0.15, -0.1) is 11.3 Å². The Morgan fingerprint density at radius 1 is 1.57 bits per heavy atom. The first-order valence-corrected chi connectivity index (χ1v) is 7.13. The summed E-state index contributed by atoms with van der Waals surface area (Å²) in [6.07, 6.45) is 3.20. The summed E-state index contributed by atoms with van der Waals surface area (Å²) in [7, 11) is 0. The molecule has 0 saturated heterocycles. The van der Waals surface area contributed by atoms with Crippen LogP contribution in [0.1, 0.15) is 25.3 Å². The summed E-state index contributed by atoms with van der Waals surface area (Å²) in [6.45, 7) is 1.92. The highest BCUT2D eigenvalue weighted by atomic mass is 32.1. The number of aromatic nitrogens is 4. The molecule has 3 aromatic heterocycles. The maximum atomic E-state index is 10.7. The van der Waals surface area contributed by atoms with Crippen molar-refractivity contribution >= 4 is 17.0 Å². The molecule has 8 nitrogen and oxygen atoms in total. The van der Waals surface area contributed by atoms with Crippen molar-refractivity contribution in [3.05, 3.63) is 45.9 Å². The van der Waals surface area contributed by atoms with E-state index in [2.05, 4.69) is 15.2 Å². The number of rotatable bonds is 5. The third kappa shape index (κ3) is 2.55. The van der Waals surface area contributed by atoms with Crippen molar-refractivity contribution in [2.24, 2.45) is 0 Å².